The lowest BCUT2D eigenvalue weighted by molar-refractivity contribution is 0.306. The van der Waals surface area contributed by atoms with Gasteiger partial charge < -0.3 is 9.15 Å². The van der Waals surface area contributed by atoms with Crippen molar-refractivity contribution in [3.63, 3.8) is 0 Å². The monoisotopic (exact) mass is 453 g/mol. The zero-order valence-corrected chi connectivity index (χ0v) is 18.0. The van der Waals surface area contributed by atoms with Crippen LogP contribution in [-0.4, -0.2) is 25.6 Å². The molecule has 160 valence electrons. The average molecular weight is 454 g/mol. The molecule has 3 aromatic heterocycles. The van der Waals surface area contributed by atoms with Crippen LogP contribution in [0.25, 0.3) is 44.7 Å². The molecule has 3 aromatic carbocycles. The van der Waals surface area contributed by atoms with E-state index < -0.39 is 0 Å². The maximum Gasteiger partial charge on any atom is 0.179 e. The Bertz CT molecular complexity index is 1590. The summed E-state index contributed by atoms with van der Waals surface area (Å²) in [5, 5.41) is 16.6. The maximum absolute atomic E-state index is 6.12. The van der Waals surface area contributed by atoms with Gasteiger partial charge in [-0.2, -0.15) is 0 Å². The number of H-pyrrole nitrogens is 1. The summed E-state index contributed by atoms with van der Waals surface area (Å²) in [5.74, 6) is 2.06. The topological polar surface area (TPSA) is 89.7 Å². The second kappa shape index (κ2) is 8.03. The van der Waals surface area contributed by atoms with Crippen molar-refractivity contribution in [2.75, 3.05) is 0 Å². The van der Waals surface area contributed by atoms with Crippen LogP contribution in [0.15, 0.2) is 83.3 Å². The second-order valence-electron chi connectivity index (χ2n) is 7.58. The van der Waals surface area contributed by atoms with Gasteiger partial charge in [-0.25, -0.2) is 10.1 Å². The van der Waals surface area contributed by atoms with E-state index in [2.05, 4.69) is 20.6 Å². The van der Waals surface area contributed by atoms with Gasteiger partial charge in [0, 0.05) is 21.4 Å². The fraction of sp³-hybridized carbons (Fsp3) is 0.0400. The number of rotatable bonds is 5. The third-order valence-electron chi connectivity index (χ3n) is 5.35. The SMILES string of the molecule is Clc1ccc2ccc(-c3cc4cc(OCc5cccc(-c6nnn[nH]6)c5)ccc4o3)nc2c1. The first-order chi connectivity index (χ1) is 16.2. The number of nitrogens with one attached hydrogen (secondary N) is 1. The first kappa shape index (κ1) is 19.5. The van der Waals surface area contributed by atoms with E-state index in [1.54, 1.807) is 0 Å². The summed E-state index contributed by atoms with van der Waals surface area (Å²) in [6, 6.07) is 25.2. The minimum absolute atomic E-state index is 0.415. The highest BCUT2D eigenvalue weighted by atomic mass is 35.5. The smallest absolute Gasteiger partial charge is 0.179 e. The Hall–Kier alpha value is -4.23. The quantitative estimate of drug-likeness (QED) is 0.341. The molecule has 0 saturated heterocycles. The van der Waals surface area contributed by atoms with E-state index in [0.717, 1.165) is 44.4 Å². The van der Waals surface area contributed by atoms with Crippen LogP contribution in [0.3, 0.4) is 0 Å². The summed E-state index contributed by atoms with van der Waals surface area (Å²) in [5.41, 5.74) is 4.26. The number of nitrogens with zero attached hydrogens (tertiary/aromatic N) is 4. The molecule has 0 amide bonds. The minimum atomic E-state index is 0.415. The molecule has 0 atom stereocenters. The Morgan fingerprint density at radius 2 is 1.85 bits per heavy atom. The fourth-order valence-electron chi connectivity index (χ4n) is 3.72. The molecule has 6 rings (SSSR count). The number of aromatic nitrogens is 5. The van der Waals surface area contributed by atoms with Crippen LogP contribution in [0.2, 0.25) is 5.02 Å². The summed E-state index contributed by atoms with van der Waals surface area (Å²) >= 11 is 6.12. The van der Waals surface area contributed by atoms with Crippen molar-refractivity contribution in [1.82, 2.24) is 25.6 Å². The highest BCUT2D eigenvalue weighted by Gasteiger charge is 2.10. The lowest BCUT2D eigenvalue weighted by atomic mass is 10.1. The van der Waals surface area contributed by atoms with Gasteiger partial charge in [0.05, 0.1) is 5.52 Å². The predicted molar refractivity (Wildman–Crippen MR) is 126 cm³/mol. The largest absolute Gasteiger partial charge is 0.489 e. The molecule has 6 aromatic rings. The molecule has 3 heterocycles. The molecule has 0 spiro atoms. The Balaban J connectivity index is 1.24. The van der Waals surface area contributed by atoms with E-state index in [4.69, 9.17) is 25.7 Å². The number of hydrogen-bond donors (Lipinski definition) is 1. The Labute approximate surface area is 193 Å². The molecule has 0 aliphatic carbocycles. The molecule has 33 heavy (non-hydrogen) atoms. The Morgan fingerprint density at radius 3 is 2.76 bits per heavy atom. The minimum Gasteiger partial charge on any atom is -0.489 e. The number of halogens is 1. The van der Waals surface area contributed by atoms with E-state index in [1.165, 1.54) is 0 Å². The van der Waals surface area contributed by atoms with E-state index in [0.29, 0.717) is 23.2 Å². The third-order valence-corrected chi connectivity index (χ3v) is 5.58. The van der Waals surface area contributed by atoms with Crippen molar-refractivity contribution in [2.45, 2.75) is 6.61 Å². The number of tetrazole rings is 1. The second-order valence-corrected chi connectivity index (χ2v) is 8.02. The van der Waals surface area contributed by atoms with Crippen molar-refractivity contribution in [3.05, 3.63) is 89.4 Å². The summed E-state index contributed by atoms with van der Waals surface area (Å²) in [4.78, 5) is 4.70. The van der Waals surface area contributed by atoms with E-state index in [9.17, 15) is 0 Å². The normalized spacial score (nSPS) is 11.3. The van der Waals surface area contributed by atoms with Crippen LogP contribution in [0.4, 0.5) is 0 Å². The number of pyridine rings is 1. The van der Waals surface area contributed by atoms with Gasteiger partial charge >= 0.3 is 0 Å². The summed E-state index contributed by atoms with van der Waals surface area (Å²) in [6.07, 6.45) is 0. The molecule has 8 heteroatoms. The molecule has 0 radical (unpaired) electrons. The molecular formula is C25H16ClN5O2. The number of hydrogen-bond acceptors (Lipinski definition) is 6. The fourth-order valence-corrected chi connectivity index (χ4v) is 3.89. The molecular weight excluding hydrogens is 438 g/mol. The van der Waals surface area contributed by atoms with Gasteiger partial charge in [-0.05, 0) is 64.5 Å². The average Bonchev–Trinajstić information content (AvgIpc) is 3.52. The lowest BCUT2D eigenvalue weighted by Crippen LogP contribution is -1.95. The Kier molecular flexibility index (Phi) is 4.74. The number of fused-ring (bicyclic) bond motifs is 2. The molecule has 0 saturated carbocycles. The highest BCUT2D eigenvalue weighted by Crippen LogP contribution is 2.31. The standard InChI is InChI=1S/C25H16ClN5O2/c26-19-6-4-16-5-8-21(27-22(16)13-19)24-12-18-11-20(7-9-23(18)33-24)32-14-15-2-1-3-17(10-15)25-28-30-31-29-25/h1-13H,14H2,(H,28,29,30,31). The Morgan fingerprint density at radius 1 is 0.909 bits per heavy atom. The summed E-state index contributed by atoms with van der Waals surface area (Å²) in [6.45, 7) is 0.415. The zero-order valence-electron chi connectivity index (χ0n) is 17.2. The van der Waals surface area contributed by atoms with E-state index in [1.807, 2.05) is 78.9 Å². The van der Waals surface area contributed by atoms with Gasteiger partial charge in [0.25, 0.3) is 0 Å². The van der Waals surface area contributed by atoms with Gasteiger partial charge in [0.15, 0.2) is 11.6 Å². The molecule has 0 unspecified atom stereocenters. The van der Waals surface area contributed by atoms with Gasteiger partial charge in [0.2, 0.25) is 0 Å². The zero-order chi connectivity index (χ0) is 22.2. The summed E-state index contributed by atoms with van der Waals surface area (Å²) in [7, 11) is 0. The molecule has 0 aliphatic rings. The van der Waals surface area contributed by atoms with Crippen LogP contribution >= 0.6 is 11.6 Å². The van der Waals surface area contributed by atoms with Crippen LogP contribution in [-0.2, 0) is 6.61 Å². The number of benzene rings is 3. The van der Waals surface area contributed by atoms with Crippen molar-refractivity contribution in [1.29, 1.82) is 0 Å². The van der Waals surface area contributed by atoms with Crippen LogP contribution in [0.1, 0.15) is 5.56 Å². The van der Waals surface area contributed by atoms with Gasteiger partial charge in [0.1, 0.15) is 23.6 Å². The highest BCUT2D eigenvalue weighted by molar-refractivity contribution is 6.31. The van der Waals surface area contributed by atoms with Gasteiger partial charge in [-0.1, -0.05) is 41.9 Å². The number of furan rings is 1. The summed E-state index contributed by atoms with van der Waals surface area (Å²) < 4.78 is 12.1. The first-order valence-corrected chi connectivity index (χ1v) is 10.7. The molecule has 0 bridgehead atoms. The molecule has 1 N–H and O–H groups in total. The van der Waals surface area contributed by atoms with Crippen LogP contribution in [0.5, 0.6) is 5.75 Å². The number of aromatic amines is 1. The van der Waals surface area contributed by atoms with E-state index in [-0.39, 0.29) is 0 Å². The third kappa shape index (κ3) is 3.90. The van der Waals surface area contributed by atoms with Crippen LogP contribution < -0.4 is 4.74 Å². The maximum atomic E-state index is 6.12. The first-order valence-electron chi connectivity index (χ1n) is 10.3. The van der Waals surface area contributed by atoms with Crippen molar-refractivity contribution < 1.29 is 9.15 Å². The lowest BCUT2D eigenvalue weighted by Gasteiger charge is -2.07. The molecule has 7 nitrogen and oxygen atoms in total. The molecule has 0 aliphatic heterocycles. The van der Waals surface area contributed by atoms with Crippen LogP contribution in [0, 0.1) is 0 Å². The van der Waals surface area contributed by atoms with Crippen molar-refractivity contribution in [2.24, 2.45) is 0 Å². The van der Waals surface area contributed by atoms with Gasteiger partial charge in [-0.15, -0.1) is 5.10 Å². The van der Waals surface area contributed by atoms with Crippen molar-refractivity contribution in [3.8, 4) is 28.6 Å². The predicted octanol–water partition coefficient (Wildman–Crippen LogP) is 6.06. The molecule has 0 fully saturated rings. The number of ether oxygens (including phenoxy) is 1. The van der Waals surface area contributed by atoms with E-state index >= 15 is 0 Å². The van der Waals surface area contributed by atoms with Crippen molar-refractivity contribution >= 4 is 33.5 Å². The van der Waals surface area contributed by atoms with Gasteiger partial charge in [-0.3, -0.25) is 0 Å².